The molecular weight excluding hydrogens is 252 g/mol. The molecule has 1 aliphatic heterocycles. The Morgan fingerprint density at radius 3 is 2.83 bits per heavy atom. The number of hydrogen-bond acceptors (Lipinski definition) is 2. The van der Waals surface area contributed by atoms with Gasteiger partial charge in [-0.1, -0.05) is 23.7 Å². The van der Waals surface area contributed by atoms with Crippen LogP contribution in [0.3, 0.4) is 0 Å². The molecule has 4 nitrogen and oxygen atoms in total. The first-order chi connectivity index (χ1) is 8.70. The molecule has 0 unspecified atom stereocenters. The van der Waals surface area contributed by atoms with Gasteiger partial charge in [0.25, 0.3) is 0 Å². The van der Waals surface area contributed by atoms with E-state index in [-0.39, 0.29) is 11.9 Å². The van der Waals surface area contributed by atoms with Crippen LogP contribution < -0.4 is 5.32 Å². The Morgan fingerprint density at radius 1 is 1.44 bits per heavy atom. The van der Waals surface area contributed by atoms with E-state index in [1.165, 1.54) is 0 Å². The molecule has 0 saturated carbocycles. The van der Waals surface area contributed by atoms with E-state index in [2.05, 4.69) is 5.32 Å². The van der Waals surface area contributed by atoms with E-state index < -0.39 is 0 Å². The molecule has 1 aliphatic rings. The van der Waals surface area contributed by atoms with Crippen molar-refractivity contribution in [1.82, 2.24) is 10.2 Å². The summed E-state index contributed by atoms with van der Waals surface area (Å²) in [6, 6.07) is 7.01. The molecule has 0 spiro atoms. The van der Waals surface area contributed by atoms with E-state index in [1.807, 2.05) is 12.1 Å². The maximum absolute atomic E-state index is 11.9. The van der Waals surface area contributed by atoms with Crippen molar-refractivity contribution >= 4 is 23.9 Å². The summed E-state index contributed by atoms with van der Waals surface area (Å²) >= 11 is 5.78. The molecule has 1 heterocycles. The maximum atomic E-state index is 11.9. The van der Waals surface area contributed by atoms with Crippen LogP contribution in [0.5, 0.6) is 0 Å². The largest absolute Gasteiger partial charge is 0.350 e. The van der Waals surface area contributed by atoms with Gasteiger partial charge in [-0.3, -0.25) is 9.59 Å². The lowest BCUT2D eigenvalue weighted by molar-refractivity contribution is -0.131. The zero-order chi connectivity index (χ0) is 13.0. The highest BCUT2D eigenvalue weighted by Crippen LogP contribution is 2.15. The number of benzene rings is 1. The Morgan fingerprint density at radius 2 is 2.17 bits per heavy atom. The van der Waals surface area contributed by atoms with Crippen LogP contribution in [0, 0.1) is 0 Å². The lowest BCUT2D eigenvalue weighted by Crippen LogP contribution is -2.42. The molecule has 1 aromatic rings. The summed E-state index contributed by atoms with van der Waals surface area (Å²) in [6.07, 6.45) is 2.38. The van der Waals surface area contributed by atoms with Crippen LogP contribution >= 0.6 is 11.6 Å². The summed E-state index contributed by atoms with van der Waals surface area (Å²) in [5.74, 6) is -0.0884. The molecule has 0 aromatic heterocycles. The monoisotopic (exact) mass is 266 g/mol. The average Bonchev–Trinajstić information content (AvgIpc) is 2.86. The molecular formula is C13H15ClN2O2. The summed E-state index contributed by atoms with van der Waals surface area (Å²) in [7, 11) is 0. The number of amides is 2. The minimum absolute atomic E-state index is 0.0884. The number of likely N-dealkylation sites (tertiary alicyclic amines) is 1. The van der Waals surface area contributed by atoms with Crippen molar-refractivity contribution in [2.45, 2.75) is 25.4 Å². The van der Waals surface area contributed by atoms with Gasteiger partial charge in [0.2, 0.25) is 12.3 Å². The molecule has 5 heteroatoms. The average molecular weight is 267 g/mol. The highest BCUT2D eigenvalue weighted by atomic mass is 35.5. The van der Waals surface area contributed by atoms with Gasteiger partial charge in [0, 0.05) is 18.1 Å². The van der Waals surface area contributed by atoms with Crippen LogP contribution in [0.4, 0.5) is 0 Å². The number of nitrogens with one attached hydrogen (secondary N) is 1. The molecule has 1 atom stereocenters. The number of nitrogens with zero attached hydrogens (tertiary/aromatic N) is 1. The second-order valence-corrected chi connectivity index (χ2v) is 4.78. The van der Waals surface area contributed by atoms with Crippen LogP contribution in [0.25, 0.3) is 0 Å². The van der Waals surface area contributed by atoms with Crippen molar-refractivity contribution in [3.63, 3.8) is 0 Å². The second-order valence-electron chi connectivity index (χ2n) is 4.35. The molecule has 0 aliphatic carbocycles. The molecule has 1 fully saturated rings. The van der Waals surface area contributed by atoms with Gasteiger partial charge in [0.15, 0.2) is 0 Å². The van der Waals surface area contributed by atoms with Gasteiger partial charge in [-0.05, 0) is 30.5 Å². The Hall–Kier alpha value is -1.55. The zero-order valence-corrected chi connectivity index (χ0v) is 10.7. The molecule has 0 bridgehead atoms. The lowest BCUT2D eigenvalue weighted by Gasteiger charge is -2.19. The first-order valence-electron chi connectivity index (χ1n) is 5.94. The summed E-state index contributed by atoms with van der Waals surface area (Å²) in [5, 5.41) is 3.52. The van der Waals surface area contributed by atoms with Gasteiger partial charge in [-0.25, -0.2) is 0 Å². The molecule has 1 aromatic carbocycles. The van der Waals surface area contributed by atoms with Crippen LogP contribution in [-0.2, 0) is 16.1 Å². The van der Waals surface area contributed by atoms with Gasteiger partial charge in [-0.15, -0.1) is 0 Å². The SMILES string of the molecule is O=CN1CCC[C@H]1C(=O)NCc1ccc(Cl)cc1. The van der Waals surface area contributed by atoms with Crippen molar-refractivity contribution < 1.29 is 9.59 Å². The highest BCUT2D eigenvalue weighted by Gasteiger charge is 2.29. The van der Waals surface area contributed by atoms with E-state index in [0.717, 1.165) is 24.8 Å². The molecule has 2 rings (SSSR count). The number of halogens is 1. The maximum Gasteiger partial charge on any atom is 0.243 e. The normalized spacial score (nSPS) is 18.7. The van der Waals surface area contributed by atoms with E-state index in [4.69, 9.17) is 11.6 Å². The van der Waals surface area contributed by atoms with Crippen LogP contribution in [0.2, 0.25) is 5.02 Å². The number of carbonyl (C=O) groups excluding carboxylic acids is 2. The lowest BCUT2D eigenvalue weighted by atomic mass is 10.2. The summed E-state index contributed by atoms with van der Waals surface area (Å²) in [5.41, 5.74) is 0.989. The Bertz CT molecular complexity index is 433. The van der Waals surface area contributed by atoms with Gasteiger partial charge < -0.3 is 10.2 Å². The van der Waals surface area contributed by atoms with Crippen LogP contribution in [0.15, 0.2) is 24.3 Å². The third kappa shape index (κ3) is 3.01. The highest BCUT2D eigenvalue weighted by molar-refractivity contribution is 6.30. The smallest absolute Gasteiger partial charge is 0.243 e. The Balaban J connectivity index is 1.88. The summed E-state index contributed by atoms with van der Waals surface area (Å²) in [6.45, 7) is 1.13. The fourth-order valence-corrected chi connectivity index (χ4v) is 2.23. The van der Waals surface area contributed by atoms with E-state index in [1.54, 1.807) is 17.0 Å². The molecule has 96 valence electrons. The molecule has 1 saturated heterocycles. The van der Waals surface area contributed by atoms with Crippen molar-refractivity contribution in [2.24, 2.45) is 0 Å². The first-order valence-corrected chi connectivity index (χ1v) is 6.31. The van der Waals surface area contributed by atoms with Crippen LogP contribution in [0.1, 0.15) is 18.4 Å². The zero-order valence-electron chi connectivity index (χ0n) is 9.93. The van der Waals surface area contributed by atoms with Crippen molar-refractivity contribution in [3.05, 3.63) is 34.9 Å². The first kappa shape index (κ1) is 12.9. The predicted molar refractivity (Wildman–Crippen MR) is 69.1 cm³/mol. The van der Waals surface area contributed by atoms with Crippen LogP contribution in [-0.4, -0.2) is 29.8 Å². The fraction of sp³-hybridized carbons (Fsp3) is 0.385. The fourth-order valence-electron chi connectivity index (χ4n) is 2.11. The van der Waals surface area contributed by atoms with E-state index >= 15 is 0 Å². The summed E-state index contributed by atoms with van der Waals surface area (Å²) < 4.78 is 0. The second kappa shape index (κ2) is 5.87. The van der Waals surface area contributed by atoms with Crippen molar-refractivity contribution in [3.8, 4) is 0 Å². The molecule has 2 amide bonds. The number of hydrogen-bond donors (Lipinski definition) is 1. The van der Waals surface area contributed by atoms with E-state index in [0.29, 0.717) is 18.1 Å². The quantitative estimate of drug-likeness (QED) is 0.841. The predicted octanol–water partition coefficient (Wildman–Crippen LogP) is 1.58. The molecule has 18 heavy (non-hydrogen) atoms. The minimum Gasteiger partial charge on any atom is -0.350 e. The van der Waals surface area contributed by atoms with Crippen molar-refractivity contribution in [1.29, 1.82) is 0 Å². The molecule has 1 N–H and O–H groups in total. The Kier molecular flexibility index (Phi) is 4.20. The summed E-state index contributed by atoms with van der Waals surface area (Å²) in [4.78, 5) is 24.2. The van der Waals surface area contributed by atoms with Gasteiger partial charge in [0.1, 0.15) is 6.04 Å². The minimum atomic E-state index is -0.310. The van der Waals surface area contributed by atoms with Gasteiger partial charge >= 0.3 is 0 Å². The van der Waals surface area contributed by atoms with Gasteiger partial charge in [-0.2, -0.15) is 0 Å². The topological polar surface area (TPSA) is 49.4 Å². The van der Waals surface area contributed by atoms with Crippen molar-refractivity contribution in [2.75, 3.05) is 6.54 Å². The third-order valence-corrected chi connectivity index (χ3v) is 3.36. The van der Waals surface area contributed by atoms with Gasteiger partial charge in [0.05, 0.1) is 0 Å². The standard InChI is InChI=1S/C13H15ClN2O2/c14-11-5-3-10(4-6-11)8-15-13(18)12-2-1-7-16(12)9-17/h3-6,9,12H,1-2,7-8H2,(H,15,18)/t12-/m0/s1. The third-order valence-electron chi connectivity index (χ3n) is 3.11. The molecule has 0 radical (unpaired) electrons. The van der Waals surface area contributed by atoms with E-state index in [9.17, 15) is 9.59 Å². The number of rotatable bonds is 4. The Labute approximate surface area is 111 Å². The number of carbonyl (C=O) groups is 2.